The summed E-state index contributed by atoms with van der Waals surface area (Å²) in [5.74, 6) is 0. The van der Waals surface area contributed by atoms with Gasteiger partial charge >= 0.3 is 0 Å². The SMILES string of the molecule is COCCc1ccccc1.COCc1ccccc1. The molecule has 0 aliphatic heterocycles. The highest BCUT2D eigenvalue weighted by molar-refractivity contribution is 5.14. The van der Waals surface area contributed by atoms with Crippen molar-refractivity contribution < 1.29 is 9.47 Å². The first-order chi connectivity index (χ1) is 9.36. The summed E-state index contributed by atoms with van der Waals surface area (Å²) in [6.45, 7) is 1.52. The van der Waals surface area contributed by atoms with E-state index < -0.39 is 0 Å². The molecule has 2 rings (SSSR count). The molecule has 2 aromatic carbocycles. The molecular weight excluding hydrogens is 236 g/mol. The zero-order valence-corrected chi connectivity index (χ0v) is 11.7. The summed E-state index contributed by atoms with van der Waals surface area (Å²) < 4.78 is 9.87. The van der Waals surface area contributed by atoms with Crippen LogP contribution in [0.2, 0.25) is 0 Å². The minimum Gasteiger partial charge on any atom is -0.384 e. The molecule has 0 aromatic heterocycles. The molecule has 102 valence electrons. The normalized spacial score (nSPS) is 9.58. The molecule has 2 aromatic rings. The van der Waals surface area contributed by atoms with E-state index in [0.717, 1.165) is 13.0 Å². The Bertz CT molecular complexity index is 412. The van der Waals surface area contributed by atoms with E-state index in [-0.39, 0.29) is 0 Å². The van der Waals surface area contributed by atoms with Gasteiger partial charge in [-0.15, -0.1) is 0 Å². The van der Waals surface area contributed by atoms with Crippen LogP contribution in [0.1, 0.15) is 11.1 Å². The molecule has 2 heteroatoms. The van der Waals surface area contributed by atoms with Crippen molar-refractivity contribution in [2.75, 3.05) is 20.8 Å². The van der Waals surface area contributed by atoms with E-state index >= 15 is 0 Å². The lowest BCUT2D eigenvalue weighted by Gasteiger charge is -1.97. The van der Waals surface area contributed by atoms with Crippen LogP contribution in [0.25, 0.3) is 0 Å². The lowest BCUT2D eigenvalue weighted by atomic mass is 10.2. The largest absolute Gasteiger partial charge is 0.384 e. The van der Waals surface area contributed by atoms with Crippen molar-refractivity contribution >= 4 is 0 Å². The van der Waals surface area contributed by atoms with Crippen LogP contribution in [0.3, 0.4) is 0 Å². The third kappa shape index (κ3) is 7.39. The molecule has 0 amide bonds. The van der Waals surface area contributed by atoms with Crippen molar-refractivity contribution in [1.29, 1.82) is 0 Å². The van der Waals surface area contributed by atoms with E-state index in [2.05, 4.69) is 12.1 Å². The van der Waals surface area contributed by atoms with Crippen molar-refractivity contribution in [3.8, 4) is 0 Å². The maximum Gasteiger partial charge on any atom is 0.0713 e. The smallest absolute Gasteiger partial charge is 0.0713 e. The zero-order valence-electron chi connectivity index (χ0n) is 11.7. The van der Waals surface area contributed by atoms with Gasteiger partial charge in [0.25, 0.3) is 0 Å². The van der Waals surface area contributed by atoms with Gasteiger partial charge in [0.2, 0.25) is 0 Å². The van der Waals surface area contributed by atoms with Gasteiger partial charge in [-0.3, -0.25) is 0 Å². The molecule has 0 radical (unpaired) electrons. The molecule has 0 aliphatic rings. The van der Waals surface area contributed by atoms with Crippen molar-refractivity contribution in [3.05, 3.63) is 71.8 Å². The van der Waals surface area contributed by atoms with Gasteiger partial charge in [-0.1, -0.05) is 60.7 Å². The van der Waals surface area contributed by atoms with Crippen molar-refractivity contribution in [2.45, 2.75) is 13.0 Å². The lowest BCUT2D eigenvalue weighted by Crippen LogP contribution is -1.92. The Morgan fingerprint density at radius 3 is 1.68 bits per heavy atom. The van der Waals surface area contributed by atoms with E-state index in [1.165, 1.54) is 11.1 Å². The van der Waals surface area contributed by atoms with Crippen LogP contribution in [0, 0.1) is 0 Å². The zero-order chi connectivity index (χ0) is 13.8. The Hall–Kier alpha value is -1.64. The van der Waals surface area contributed by atoms with Gasteiger partial charge in [-0.25, -0.2) is 0 Å². The Morgan fingerprint density at radius 1 is 0.684 bits per heavy atom. The Morgan fingerprint density at radius 2 is 1.21 bits per heavy atom. The van der Waals surface area contributed by atoms with Gasteiger partial charge in [0.05, 0.1) is 13.2 Å². The fraction of sp³-hybridized carbons (Fsp3) is 0.294. The van der Waals surface area contributed by atoms with E-state index in [9.17, 15) is 0 Å². The van der Waals surface area contributed by atoms with Crippen LogP contribution in [-0.4, -0.2) is 20.8 Å². The topological polar surface area (TPSA) is 18.5 Å². The summed E-state index contributed by atoms with van der Waals surface area (Å²) in [7, 11) is 3.43. The number of rotatable bonds is 5. The minimum absolute atomic E-state index is 0.709. The second-order valence-corrected chi connectivity index (χ2v) is 4.15. The predicted molar refractivity (Wildman–Crippen MR) is 79.2 cm³/mol. The molecular formula is C17H22O2. The van der Waals surface area contributed by atoms with Crippen LogP contribution < -0.4 is 0 Å². The number of methoxy groups -OCH3 is 2. The molecule has 0 saturated carbocycles. The van der Waals surface area contributed by atoms with Crippen LogP contribution >= 0.6 is 0 Å². The molecule has 19 heavy (non-hydrogen) atoms. The maximum atomic E-state index is 4.95. The van der Waals surface area contributed by atoms with Crippen LogP contribution in [0.15, 0.2) is 60.7 Å². The summed E-state index contributed by atoms with van der Waals surface area (Å²) in [6.07, 6.45) is 1.01. The standard InChI is InChI=1S/C9H12O.C8H10O/c1-10-8-7-9-5-3-2-4-6-9;1-9-7-8-5-3-2-4-6-8/h2-6H,7-8H2,1H3;2-6H,7H2,1H3. The molecule has 0 bridgehead atoms. The van der Waals surface area contributed by atoms with E-state index in [4.69, 9.17) is 9.47 Å². The molecule has 0 fully saturated rings. The summed E-state index contributed by atoms with van der Waals surface area (Å²) in [4.78, 5) is 0. The Kier molecular flexibility index (Phi) is 8.36. The third-order valence-corrected chi connectivity index (χ3v) is 2.59. The highest BCUT2D eigenvalue weighted by Crippen LogP contribution is 1.99. The van der Waals surface area contributed by atoms with Crippen molar-refractivity contribution in [2.24, 2.45) is 0 Å². The summed E-state index contributed by atoms with van der Waals surface area (Å²) in [5, 5.41) is 0. The highest BCUT2D eigenvalue weighted by Gasteiger charge is 1.87. The molecule has 0 spiro atoms. The first-order valence-corrected chi connectivity index (χ1v) is 6.42. The maximum absolute atomic E-state index is 4.95. The highest BCUT2D eigenvalue weighted by atomic mass is 16.5. The van der Waals surface area contributed by atoms with E-state index in [1.54, 1.807) is 14.2 Å². The fourth-order valence-corrected chi connectivity index (χ4v) is 1.61. The average molecular weight is 258 g/mol. The van der Waals surface area contributed by atoms with E-state index in [1.807, 2.05) is 48.5 Å². The minimum atomic E-state index is 0.709. The predicted octanol–water partition coefficient (Wildman–Crippen LogP) is 3.71. The first-order valence-electron chi connectivity index (χ1n) is 6.42. The van der Waals surface area contributed by atoms with Crippen LogP contribution in [-0.2, 0) is 22.5 Å². The molecule has 0 atom stereocenters. The number of hydrogen-bond donors (Lipinski definition) is 0. The summed E-state index contributed by atoms with van der Waals surface area (Å²) in [5.41, 5.74) is 2.56. The molecule has 0 aliphatic carbocycles. The molecule has 0 unspecified atom stereocenters. The average Bonchev–Trinajstić information content (AvgIpc) is 2.48. The lowest BCUT2D eigenvalue weighted by molar-refractivity contribution is 0.185. The van der Waals surface area contributed by atoms with Gasteiger partial charge in [-0.2, -0.15) is 0 Å². The van der Waals surface area contributed by atoms with E-state index in [0.29, 0.717) is 6.61 Å². The van der Waals surface area contributed by atoms with Gasteiger partial charge in [-0.05, 0) is 17.5 Å². The number of ether oxygens (including phenoxy) is 2. The van der Waals surface area contributed by atoms with Gasteiger partial charge in [0, 0.05) is 14.2 Å². The van der Waals surface area contributed by atoms with Crippen molar-refractivity contribution in [1.82, 2.24) is 0 Å². The van der Waals surface area contributed by atoms with Crippen molar-refractivity contribution in [3.63, 3.8) is 0 Å². The Labute approximate surface area is 116 Å². The van der Waals surface area contributed by atoms with Crippen LogP contribution in [0.4, 0.5) is 0 Å². The van der Waals surface area contributed by atoms with Gasteiger partial charge in [0.1, 0.15) is 0 Å². The van der Waals surface area contributed by atoms with Crippen LogP contribution in [0.5, 0.6) is 0 Å². The molecule has 0 N–H and O–H groups in total. The second kappa shape index (κ2) is 10.3. The fourth-order valence-electron chi connectivity index (χ4n) is 1.61. The van der Waals surface area contributed by atoms with Gasteiger partial charge < -0.3 is 9.47 Å². The first kappa shape index (κ1) is 15.4. The monoisotopic (exact) mass is 258 g/mol. The Balaban J connectivity index is 0.000000191. The summed E-state index contributed by atoms with van der Waals surface area (Å²) in [6, 6.07) is 20.4. The molecule has 0 heterocycles. The molecule has 0 saturated heterocycles. The quantitative estimate of drug-likeness (QED) is 0.814. The third-order valence-electron chi connectivity index (χ3n) is 2.59. The number of benzene rings is 2. The second-order valence-electron chi connectivity index (χ2n) is 4.15. The van der Waals surface area contributed by atoms with Gasteiger partial charge in [0.15, 0.2) is 0 Å². The summed E-state index contributed by atoms with van der Waals surface area (Å²) >= 11 is 0. The number of hydrogen-bond acceptors (Lipinski definition) is 2. The molecule has 2 nitrogen and oxygen atoms in total.